The lowest BCUT2D eigenvalue weighted by atomic mass is 10.2. The maximum Gasteiger partial charge on any atom is 0.437 e. The highest BCUT2D eigenvalue weighted by molar-refractivity contribution is 5.84. The molecule has 0 aliphatic rings. The van der Waals surface area contributed by atoms with Crippen LogP contribution in [-0.4, -0.2) is 23.8 Å². The average molecular weight is 292 g/mol. The van der Waals surface area contributed by atoms with Crippen LogP contribution < -0.4 is 10.1 Å². The van der Waals surface area contributed by atoms with E-state index in [-0.39, 0.29) is 5.69 Å². The molecule has 1 amide bonds. The minimum absolute atomic E-state index is 0.0455. The van der Waals surface area contributed by atoms with Gasteiger partial charge in [-0.25, -0.2) is 9.78 Å². The first kappa shape index (κ1) is 16.1. The molecule has 0 unspecified atom stereocenters. The van der Waals surface area contributed by atoms with Crippen LogP contribution in [0.4, 0.5) is 23.7 Å². The molecule has 1 rings (SSSR count). The summed E-state index contributed by atoms with van der Waals surface area (Å²) in [4.78, 5) is 14.7. The number of pyridine rings is 1. The quantitative estimate of drug-likeness (QED) is 0.906. The molecule has 0 fully saturated rings. The van der Waals surface area contributed by atoms with Crippen LogP contribution >= 0.6 is 0 Å². The summed E-state index contributed by atoms with van der Waals surface area (Å²) in [6, 6.07) is 1.03. The summed E-state index contributed by atoms with van der Waals surface area (Å²) in [6.45, 7) is 4.99. The predicted octanol–water partition coefficient (Wildman–Crippen LogP) is 3.46. The Morgan fingerprint density at radius 3 is 2.35 bits per heavy atom. The second kappa shape index (κ2) is 5.56. The lowest BCUT2D eigenvalue weighted by Gasteiger charge is -2.20. The van der Waals surface area contributed by atoms with Crippen LogP contribution in [0.5, 0.6) is 5.75 Å². The molecule has 1 heterocycles. The number of anilines is 1. The maximum absolute atomic E-state index is 12.6. The molecule has 1 N–H and O–H groups in total. The third-order valence-corrected chi connectivity index (χ3v) is 1.99. The van der Waals surface area contributed by atoms with Gasteiger partial charge in [0.1, 0.15) is 5.60 Å². The smallest absolute Gasteiger partial charge is 0.437 e. The lowest BCUT2D eigenvalue weighted by molar-refractivity contribution is -0.142. The van der Waals surface area contributed by atoms with Gasteiger partial charge in [0.05, 0.1) is 19.0 Å². The van der Waals surface area contributed by atoms with Crippen LogP contribution in [0.15, 0.2) is 12.3 Å². The number of halogens is 3. The number of carbonyl (C=O) groups excluding carboxylic acids is 1. The van der Waals surface area contributed by atoms with Crippen molar-refractivity contribution < 1.29 is 27.4 Å². The van der Waals surface area contributed by atoms with Crippen molar-refractivity contribution in [2.45, 2.75) is 32.5 Å². The van der Waals surface area contributed by atoms with Crippen molar-refractivity contribution in [3.8, 4) is 5.75 Å². The summed E-state index contributed by atoms with van der Waals surface area (Å²) in [5, 5.41) is 2.28. The topological polar surface area (TPSA) is 60.5 Å². The van der Waals surface area contributed by atoms with Gasteiger partial charge in [-0.1, -0.05) is 0 Å². The number of carbonyl (C=O) groups is 1. The normalized spacial score (nSPS) is 11.9. The highest BCUT2D eigenvalue weighted by Crippen LogP contribution is 2.35. The molecule has 0 bridgehead atoms. The minimum atomic E-state index is -4.63. The van der Waals surface area contributed by atoms with E-state index in [4.69, 9.17) is 4.74 Å². The zero-order chi connectivity index (χ0) is 15.6. The summed E-state index contributed by atoms with van der Waals surface area (Å²) >= 11 is 0. The van der Waals surface area contributed by atoms with Gasteiger partial charge in [0, 0.05) is 6.07 Å². The third-order valence-electron chi connectivity index (χ3n) is 1.99. The molecule has 0 aromatic carbocycles. The van der Waals surface area contributed by atoms with Crippen molar-refractivity contribution in [2.75, 3.05) is 12.4 Å². The fourth-order valence-corrected chi connectivity index (χ4v) is 1.30. The van der Waals surface area contributed by atoms with Crippen molar-refractivity contribution in [2.24, 2.45) is 0 Å². The lowest BCUT2D eigenvalue weighted by Crippen LogP contribution is -2.27. The van der Waals surface area contributed by atoms with Gasteiger partial charge in [-0.05, 0) is 20.8 Å². The van der Waals surface area contributed by atoms with Crippen molar-refractivity contribution >= 4 is 11.8 Å². The Balaban J connectivity index is 2.92. The summed E-state index contributed by atoms with van der Waals surface area (Å²) in [5.74, 6) is -0.481. The number of ether oxygens (including phenoxy) is 2. The second-order valence-electron chi connectivity index (χ2n) is 4.90. The van der Waals surface area contributed by atoms with E-state index >= 15 is 0 Å². The Hall–Kier alpha value is -1.99. The van der Waals surface area contributed by atoms with Gasteiger partial charge < -0.3 is 9.47 Å². The molecule has 0 atom stereocenters. The minimum Gasteiger partial charge on any atom is -0.494 e. The summed E-state index contributed by atoms with van der Waals surface area (Å²) in [5.41, 5.74) is -1.83. The molecule has 0 aliphatic heterocycles. The van der Waals surface area contributed by atoms with Crippen LogP contribution in [0.25, 0.3) is 0 Å². The number of aromatic nitrogens is 1. The van der Waals surface area contributed by atoms with Gasteiger partial charge in [0.2, 0.25) is 0 Å². The first-order valence-electron chi connectivity index (χ1n) is 5.64. The van der Waals surface area contributed by atoms with Crippen LogP contribution in [-0.2, 0) is 10.9 Å². The number of alkyl halides is 3. The molecule has 0 saturated heterocycles. The van der Waals surface area contributed by atoms with E-state index in [0.717, 1.165) is 19.4 Å². The fraction of sp³-hybridized carbons (Fsp3) is 0.500. The van der Waals surface area contributed by atoms with Gasteiger partial charge in [-0.2, -0.15) is 13.2 Å². The van der Waals surface area contributed by atoms with Crippen LogP contribution in [0.1, 0.15) is 26.5 Å². The number of amides is 1. The standard InChI is InChI=1S/C12H15F3N2O3/c1-11(2,3)20-10(18)17-7-5-8(19-4)9(16-6-7)12(13,14)15/h5-6H,1-4H3,(H,17,18). The molecule has 0 aliphatic carbocycles. The van der Waals surface area contributed by atoms with Crippen molar-refractivity contribution in [1.82, 2.24) is 4.98 Å². The number of nitrogens with one attached hydrogen (secondary N) is 1. The molecule has 0 radical (unpaired) electrons. The number of hydrogen-bond donors (Lipinski definition) is 1. The monoisotopic (exact) mass is 292 g/mol. The average Bonchev–Trinajstić information content (AvgIpc) is 2.24. The van der Waals surface area contributed by atoms with Gasteiger partial charge in [-0.15, -0.1) is 0 Å². The van der Waals surface area contributed by atoms with Crippen LogP contribution in [0.2, 0.25) is 0 Å². The van der Waals surface area contributed by atoms with E-state index < -0.39 is 29.3 Å². The molecular formula is C12H15F3N2O3. The Bertz CT molecular complexity index is 496. The highest BCUT2D eigenvalue weighted by Gasteiger charge is 2.36. The van der Waals surface area contributed by atoms with E-state index in [1.165, 1.54) is 0 Å². The van der Waals surface area contributed by atoms with Gasteiger partial charge in [0.25, 0.3) is 0 Å². The number of hydrogen-bond acceptors (Lipinski definition) is 4. The molecule has 1 aromatic rings. The van der Waals surface area contributed by atoms with E-state index in [1.807, 2.05) is 0 Å². The summed E-state index contributed by atoms with van der Waals surface area (Å²) in [7, 11) is 1.09. The van der Waals surface area contributed by atoms with E-state index in [0.29, 0.717) is 0 Å². The molecule has 5 nitrogen and oxygen atoms in total. The first-order chi connectivity index (χ1) is 9.03. The van der Waals surface area contributed by atoms with E-state index in [1.54, 1.807) is 20.8 Å². The zero-order valence-corrected chi connectivity index (χ0v) is 11.5. The van der Waals surface area contributed by atoms with Gasteiger partial charge in [-0.3, -0.25) is 5.32 Å². The van der Waals surface area contributed by atoms with Crippen molar-refractivity contribution in [3.05, 3.63) is 18.0 Å². The first-order valence-corrected chi connectivity index (χ1v) is 5.64. The molecule has 1 aromatic heterocycles. The summed E-state index contributed by atoms with van der Waals surface area (Å²) in [6.07, 6.45) is -4.54. The Morgan fingerprint density at radius 1 is 1.30 bits per heavy atom. The van der Waals surface area contributed by atoms with Crippen LogP contribution in [0.3, 0.4) is 0 Å². The van der Waals surface area contributed by atoms with Gasteiger partial charge in [0.15, 0.2) is 11.4 Å². The SMILES string of the molecule is COc1cc(NC(=O)OC(C)(C)C)cnc1C(F)(F)F. The van der Waals surface area contributed by atoms with Crippen molar-refractivity contribution in [3.63, 3.8) is 0 Å². The Labute approximate surface area is 114 Å². The Morgan fingerprint density at radius 2 is 1.90 bits per heavy atom. The van der Waals surface area contributed by atoms with E-state index in [9.17, 15) is 18.0 Å². The Kier molecular flexibility index (Phi) is 4.46. The largest absolute Gasteiger partial charge is 0.494 e. The van der Waals surface area contributed by atoms with Crippen LogP contribution in [0, 0.1) is 0 Å². The molecule has 20 heavy (non-hydrogen) atoms. The second-order valence-corrected chi connectivity index (χ2v) is 4.90. The predicted molar refractivity (Wildman–Crippen MR) is 65.6 cm³/mol. The summed E-state index contributed by atoms with van der Waals surface area (Å²) < 4.78 is 47.4. The number of nitrogens with zero attached hydrogens (tertiary/aromatic N) is 1. The molecule has 0 saturated carbocycles. The molecule has 112 valence electrons. The number of rotatable bonds is 2. The highest BCUT2D eigenvalue weighted by atomic mass is 19.4. The maximum atomic E-state index is 12.6. The fourth-order valence-electron chi connectivity index (χ4n) is 1.30. The molecular weight excluding hydrogens is 277 g/mol. The zero-order valence-electron chi connectivity index (χ0n) is 11.5. The molecule has 0 spiro atoms. The van der Waals surface area contributed by atoms with Crippen molar-refractivity contribution in [1.29, 1.82) is 0 Å². The number of methoxy groups -OCH3 is 1. The van der Waals surface area contributed by atoms with E-state index in [2.05, 4.69) is 15.0 Å². The third kappa shape index (κ3) is 4.60. The van der Waals surface area contributed by atoms with Gasteiger partial charge >= 0.3 is 12.3 Å². The molecule has 8 heteroatoms.